The van der Waals surface area contributed by atoms with Gasteiger partial charge in [-0.1, -0.05) is 44.9 Å². The van der Waals surface area contributed by atoms with Crippen molar-refractivity contribution in [2.75, 3.05) is 11.9 Å². The molecule has 1 aromatic carbocycles. The largest absolute Gasteiger partial charge is 0.370 e. The number of benzene rings is 1. The number of nitrogens with one attached hydrogen (secondary N) is 1. The second-order valence-electron chi connectivity index (χ2n) is 5.28. The molecule has 0 fully saturated rings. The van der Waals surface area contributed by atoms with Gasteiger partial charge in [-0.3, -0.25) is 0 Å². The first-order chi connectivity index (χ1) is 10.3. The summed E-state index contributed by atoms with van der Waals surface area (Å²) in [5.41, 5.74) is 4.88. The Morgan fingerprint density at radius 3 is 2.52 bits per heavy atom. The SMILES string of the molecule is CCCc1cccc(-c2ncnc(NCC)c2CCC)c1. The number of nitrogens with zero attached hydrogens (tertiary/aromatic N) is 2. The summed E-state index contributed by atoms with van der Waals surface area (Å²) in [5.74, 6) is 0.977. The Hall–Kier alpha value is -1.90. The van der Waals surface area contributed by atoms with Gasteiger partial charge in [-0.15, -0.1) is 0 Å². The first-order valence-corrected chi connectivity index (χ1v) is 7.97. The summed E-state index contributed by atoms with van der Waals surface area (Å²) in [6, 6.07) is 8.74. The fourth-order valence-electron chi connectivity index (χ4n) is 2.63. The number of anilines is 1. The molecule has 0 aliphatic heterocycles. The summed E-state index contributed by atoms with van der Waals surface area (Å²) >= 11 is 0. The summed E-state index contributed by atoms with van der Waals surface area (Å²) < 4.78 is 0. The maximum Gasteiger partial charge on any atom is 0.133 e. The normalized spacial score (nSPS) is 10.6. The lowest BCUT2D eigenvalue weighted by Gasteiger charge is -2.14. The van der Waals surface area contributed by atoms with E-state index in [9.17, 15) is 0 Å². The fourth-order valence-corrected chi connectivity index (χ4v) is 2.63. The van der Waals surface area contributed by atoms with E-state index in [1.807, 2.05) is 0 Å². The zero-order valence-electron chi connectivity index (χ0n) is 13.3. The highest BCUT2D eigenvalue weighted by Crippen LogP contribution is 2.27. The van der Waals surface area contributed by atoms with Gasteiger partial charge in [-0.2, -0.15) is 0 Å². The van der Waals surface area contributed by atoms with Crippen molar-refractivity contribution in [3.8, 4) is 11.3 Å². The second kappa shape index (κ2) is 7.77. The van der Waals surface area contributed by atoms with Gasteiger partial charge in [0.05, 0.1) is 5.69 Å². The maximum atomic E-state index is 4.56. The van der Waals surface area contributed by atoms with Crippen molar-refractivity contribution in [1.29, 1.82) is 0 Å². The first-order valence-electron chi connectivity index (χ1n) is 7.97. The van der Waals surface area contributed by atoms with Gasteiger partial charge < -0.3 is 5.32 Å². The van der Waals surface area contributed by atoms with Crippen LogP contribution in [0.1, 0.15) is 44.7 Å². The lowest BCUT2D eigenvalue weighted by atomic mass is 9.99. The highest BCUT2D eigenvalue weighted by molar-refractivity contribution is 5.68. The van der Waals surface area contributed by atoms with Crippen LogP contribution in [0.4, 0.5) is 5.82 Å². The van der Waals surface area contributed by atoms with Crippen LogP contribution >= 0.6 is 0 Å². The fraction of sp³-hybridized carbons (Fsp3) is 0.444. The molecular weight excluding hydrogens is 258 g/mol. The lowest BCUT2D eigenvalue weighted by molar-refractivity contribution is 0.900. The third-order valence-electron chi connectivity index (χ3n) is 3.53. The summed E-state index contributed by atoms with van der Waals surface area (Å²) in [6.45, 7) is 7.38. The van der Waals surface area contributed by atoms with Crippen LogP contribution in [0.3, 0.4) is 0 Å². The van der Waals surface area contributed by atoms with Crippen molar-refractivity contribution >= 4 is 5.82 Å². The predicted octanol–water partition coefficient (Wildman–Crippen LogP) is 4.48. The van der Waals surface area contributed by atoms with Gasteiger partial charge in [0, 0.05) is 17.7 Å². The summed E-state index contributed by atoms with van der Waals surface area (Å²) in [6.07, 6.45) is 6.03. The van der Waals surface area contributed by atoms with Crippen LogP contribution in [0.2, 0.25) is 0 Å². The van der Waals surface area contributed by atoms with E-state index in [4.69, 9.17) is 0 Å². The van der Waals surface area contributed by atoms with Crippen molar-refractivity contribution in [3.05, 3.63) is 41.7 Å². The molecule has 0 atom stereocenters. The van der Waals surface area contributed by atoms with Crippen LogP contribution in [0, 0.1) is 0 Å². The van der Waals surface area contributed by atoms with Gasteiger partial charge in [0.15, 0.2) is 0 Å². The van der Waals surface area contributed by atoms with E-state index in [2.05, 4.69) is 60.3 Å². The van der Waals surface area contributed by atoms with E-state index in [1.165, 1.54) is 16.7 Å². The van der Waals surface area contributed by atoms with Gasteiger partial charge in [0.2, 0.25) is 0 Å². The number of hydrogen-bond acceptors (Lipinski definition) is 3. The van der Waals surface area contributed by atoms with Gasteiger partial charge in [-0.05, 0) is 31.4 Å². The molecule has 0 bridgehead atoms. The minimum Gasteiger partial charge on any atom is -0.370 e. The molecule has 1 aromatic heterocycles. The average Bonchev–Trinajstić information content (AvgIpc) is 2.50. The van der Waals surface area contributed by atoms with E-state index < -0.39 is 0 Å². The van der Waals surface area contributed by atoms with Gasteiger partial charge in [0.25, 0.3) is 0 Å². The van der Waals surface area contributed by atoms with E-state index in [-0.39, 0.29) is 0 Å². The number of rotatable bonds is 7. The van der Waals surface area contributed by atoms with Crippen LogP contribution in [0.5, 0.6) is 0 Å². The predicted molar refractivity (Wildman–Crippen MR) is 89.6 cm³/mol. The summed E-state index contributed by atoms with van der Waals surface area (Å²) in [4.78, 5) is 8.97. The minimum absolute atomic E-state index is 0.878. The Labute approximate surface area is 127 Å². The van der Waals surface area contributed by atoms with E-state index in [1.54, 1.807) is 6.33 Å². The summed E-state index contributed by atoms with van der Waals surface area (Å²) in [5, 5.41) is 3.36. The maximum absolute atomic E-state index is 4.56. The minimum atomic E-state index is 0.878. The molecule has 0 aliphatic rings. The highest BCUT2D eigenvalue weighted by Gasteiger charge is 2.12. The van der Waals surface area contributed by atoms with Crippen LogP contribution in [0.25, 0.3) is 11.3 Å². The average molecular weight is 283 g/mol. The van der Waals surface area contributed by atoms with Crippen molar-refractivity contribution < 1.29 is 0 Å². The number of aromatic nitrogens is 2. The molecule has 0 saturated heterocycles. The Balaban J connectivity index is 2.46. The molecule has 0 amide bonds. The molecule has 1 N–H and O–H groups in total. The molecule has 2 aromatic rings. The third-order valence-corrected chi connectivity index (χ3v) is 3.53. The van der Waals surface area contributed by atoms with Crippen molar-refractivity contribution in [1.82, 2.24) is 9.97 Å². The molecule has 3 nitrogen and oxygen atoms in total. The van der Waals surface area contributed by atoms with Gasteiger partial charge >= 0.3 is 0 Å². The van der Waals surface area contributed by atoms with Crippen LogP contribution in [-0.4, -0.2) is 16.5 Å². The van der Waals surface area contributed by atoms with Crippen molar-refractivity contribution in [2.45, 2.75) is 46.5 Å². The molecule has 0 spiro atoms. The van der Waals surface area contributed by atoms with Crippen molar-refractivity contribution in [2.24, 2.45) is 0 Å². The standard InChI is InChI=1S/C18H25N3/c1-4-8-14-10-7-11-15(12-14)17-16(9-5-2)18(19-6-3)21-13-20-17/h7,10-13H,4-6,8-9H2,1-3H3,(H,19,20,21). The molecular formula is C18H25N3. The van der Waals surface area contributed by atoms with Crippen LogP contribution in [0.15, 0.2) is 30.6 Å². The van der Waals surface area contributed by atoms with Gasteiger partial charge in [0.1, 0.15) is 12.1 Å². The highest BCUT2D eigenvalue weighted by atomic mass is 15.0. The molecule has 3 heteroatoms. The topological polar surface area (TPSA) is 37.8 Å². The molecule has 21 heavy (non-hydrogen) atoms. The quantitative estimate of drug-likeness (QED) is 0.814. The molecule has 112 valence electrons. The number of hydrogen-bond donors (Lipinski definition) is 1. The lowest BCUT2D eigenvalue weighted by Crippen LogP contribution is -2.06. The third kappa shape index (κ3) is 3.81. The van der Waals surface area contributed by atoms with Crippen LogP contribution in [-0.2, 0) is 12.8 Å². The Morgan fingerprint density at radius 1 is 1.00 bits per heavy atom. The second-order valence-corrected chi connectivity index (χ2v) is 5.28. The zero-order chi connectivity index (χ0) is 15.1. The smallest absolute Gasteiger partial charge is 0.133 e. The summed E-state index contributed by atoms with van der Waals surface area (Å²) in [7, 11) is 0. The van der Waals surface area contributed by atoms with Crippen LogP contribution < -0.4 is 5.32 Å². The molecule has 0 saturated carbocycles. The monoisotopic (exact) mass is 283 g/mol. The molecule has 0 unspecified atom stereocenters. The Morgan fingerprint density at radius 2 is 1.81 bits per heavy atom. The Bertz CT molecular complexity index is 578. The molecule has 0 radical (unpaired) electrons. The van der Waals surface area contributed by atoms with E-state index in [0.29, 0.717) is 0 Å². The molecule has 2 rings (SSSR count). The first kappa shape index (κ1) is 15.5. The molecule has 0 aliphatic carbocycles. The van der Waals surface area contributed by atoms with E-state index in [0.717, 1.165) is 43.7 Å². The molecule has 1 heterocycles. The Kier molecular flexibility index (Phi) is 5.73. The van der Waals surface area contributed by atoms with Crippen molar-refractivity contribution in [3.63, 3.8) is 0 Å². The van der Waals surface area contributed by atoms with Gasteiger partial charge in [-0.25, -0.2) is 9.97 Å². The van der Waals surface area contributed by atoms with E-state index >= 15 is 0 Å². The number of aryl methyl sites for hydroxylation is 1. The zero-order valence-corrected chi connectivity index (χ0v) is 13.3.